The Bertz CT molecular complexity index is 659. The van der Waals surface area contributed by atoms with Gasteiger partial charge in [0.2, 0.25) is 0 Å². The van der Waals surface area contributed by atoms with Crippen LogP contribution in [-0.4, -0.2) is 35.1 Å². The van der Waals surface area contributed by atoms with Crippen molar-refractivity contribution < 1.29 is 19.7 Å². The number of benzene rings is 2. The maximum Gasteiger partial charge on any atom is 0.161 e. The average Bonchev–Trinajstić information content (AvgIpc) is 2.77. The summed E-state index contributed by atoms with van der Waals surface area (Å²) >= 11 is 0. The van der Waals surface area contributed by atoms with Crippen molar-refractivity contribution in [3.8, 4) is 17.2 Å². The van der Waals surface area contributed by atoms with Crippen LogP contribution in [-0.2, 0) is 6.42 Å². The number of rotatable bonds is 4. The molecule has 0 spiro atoms. The predicted molar refractivity (Wildman–Crippen MR) is 91.3 cm³/mol. The molecule has 24 heavy (non-hydrogen) atoms. The summed E-state index contributed by atoms with van der Waals surface area (Å²) in [6.07, 6.45) is 0.691. The molecule has 1 unspecified atom stereocenters. The molecule has 3 rings (SSSR count). The fraction of sp³-hybridized carbons (Fsp3) is 0.368. The molecule has 0 amide bonds. The van der Waals surface area contributed by atoms with Gasteiger partial charge in [0.15, 0.2) is 11.5 Å². The lowest BCUT2D eigenvalue weighted by Crippen LogP contribution is -2.58. The molecule has 0 bridgehead atoms. The first-order chi connectivity index (χ1) is 11.5. The molecule has 5 nitrogen and oxygen atoms in total. The number of hydrogen-bond donors (Lipinski definition) is 3. The minimum Gasteiger partial charge on any atom is -0.508 e. The molecule has 1 heterocycles. The summed E-state index contributed by atoms with van der Waals surface area (Å²) in [5.74, 6) is 1.48. The van der Waals surface area contributed by atoms with Crippen molar-refractivity contribution in [1.82, 2.24) is 0 Å². The smallest absolute Gasteiger partial charge is 0.161 e. The second kappa shape index (κ2) is 6.71. The third-order valence-electron chi connectivity index (χ3n) is 4.53. The van der Waals surface area contributed by atoms with Gasteiger partial charge in [-0.3, -0.25) is 0 Å². The topological polar surface area (TPSA) is 84.9 Å². The Labute approximate surface area is 141 Å². The lowest BCUT2D eigenvalue weighted by Gasteiger charge is -2.35. The van der Waals surface area contributed by atoms with Crippen molar-refractivity contribution in [2.45, 2.75) is 25.0 Å². The van der Waals surface area contributed by atoms with Gasteiger partial charge in [0.25, 0.3) is 0 Å². The third-order valence-corrected chi connectivity index (χ3v) is 4.53. The van der Waals surface area contributed by atoms with E-state index in [4.69, 9.17) is 15.2 Å². The minimum atomic E-state index is -1.27. The van der Waals surface area contributed by atoms with Crippen LogP contribution in [0.25, 0.3) is 0 Å². The number of aromatic hydroxyl groups is 1. The number of aliphatic hydroxyl groups is 1. The maximum absolute atomic E-state index is 11.0. The zero-order chi connectivity index (χ0) is 17.2. The molecule has 0 aliphatic carbocycles. The molecular weight excluding hydrogens is 306 g/mol. The van der Waals surface area contributed by atoms with Crippen molar-refractivity contribution in [3.63, 3.8) is 0 Å². The molecule has 0 saturated carbocycles. The molecule has 0 aromatic heterocycles. The van der Waals surface area contributed by atoms with Crippen molar-refractivity contribution >= 4 is 0 Å². The summed E-state index contributed by atoms with van der Waals surface area (Å²) in [7, 11) is 0. The van der Waals surface area contributed by atoms with Crippen LogP contribution in [0.15, 0.2) is 48.5 Å². The summed E-state index contributed by atoms with van der Waals surface area (Å²) in [5, 5.41) is 20.3. The van der Waals surface area contributed by atoms with Crippen LogP contribution in [0.5, 0.6) is 17.2 Å². The highest BCUT2D eigenvalue weighted by molar-refractivity contribution is 5.40. The molecule has 5 heteroatoms. The van der Waals surface area contributed by atoms with Crippen LogP contribution in [0.1, 0.15) is 12.5 Å². The van der Waals surface area contributed by atoms with Crippen LogP contribution in [0, 0.1) is 5.92 Å². The van der Waals surface area contributed by atoms with E-state index in [0.29, 0.717) is 17.9 Å². The zero-order valence-corrected chi connectivity index (χ0v) is 13.7. The largest absolute Gasteiger partial charge is 0.508 e. The Morgan fingerprint density at radius 2 is 1.58 bits per heavy atom. The lowest BCUT2D eigenvalue weighted by atomic mass is 9.83. The first-order valence-electron chi connectivity index (χ1n) is 8.08. The van der Waals surface area contributed by atoms with Gasteiger partial charge in [0, 0.05) is 6.04 Å². The number of ether oxygens (including phenoxy) is 2. The van der Waals surface area contributed by atoms with E-state index in [9.17, 15) is 10.2 Å². The highest BCUT2D eigenvalue weighted by Crippen LogP contribution is 2.32. The molecular formula is C19H23NO4. The Kier molecular flexibility index (Phi) is 4.64. The van der Waals surface area contributed by atoms with E-state index in [1.54, 1.807) is 12.1 Å². The van der Waals surface area contributed by atoms with Crippen molar-refractivity contribution in [2.75, 3.05) is 13.2 Å². The second-order valence-electron chi connectivity index (χ2n) is 6.50. The van der Waals surface area contributed by atoms with Crippen LogP contribution in [0.3, 0.4) is 0 Å². The predicted octanol–water partition coefficient (Wildman–Crippen LogP) is 2.10. The molecule has 1 aliphatic rings. The fourth-order valence-electron chi connectivity index (χ4n) is 2.99. The SMILES string of the molecule is CC(Cc1ccc(O)cc1)[C@@H](N)C1(O)COc2ccccc2OC1. The quantitative estimate of drug-likeness (QED) is 0.800. The van der Waals surface area contributed by atoms with Crippen molar-refractivity contribution in [1.29, 1.82) is 0 Å². The summed E-state index contributed by atoms with van der Waals surface area (Å²) in [5.41, 5.74) is 6.13. The molecule has 2 aromatic carbocycles. The third kappa shape index (κ3) is 3.47. The molecule has 0 radical (unpaired) electrons. The minimum absolute atomic E-state index is 0.00737. The van der Waals surface area contributed by atoms with Crippen molar-refractivity contribution in [2.24, 2.45) is 11.7 Å². The van der Waals surface area contributed by atoms with E-state index in [1.165, 1.54) is 0 Å². The van der Waals surface area contributed by atoms with Gasteiger partial charge < -0.3 is 25.4 Å². The molecule has 2 atom stereocenters. The fourth-order valence-corrected chi connectivity index (χ4v) is 2.99. The normalized spacial score (nSPS) is 18.5. The van der Waals surface area contributed by atoms with E-state index < -0.39 is 11.6 Å². The van der Waals surface area contributed by atoms with Gasteiger partial charge in [-0.05, 0) is 42.2 Å². The van der Waals surface area contributed by atoms with Crippen LogP contribution in [0.2, 0.25) is 0 Å². The number of para-hydroxylation sites is 2. The van der Waals surface area contributed by atoms with E-state index in [2.05, 4.69) is 0 Å². The number of phenols is 1. The van der Waals surface area contributed by atoms with Gasteiger partial charge in [-0.2, -0.15) is 0 Å². The van der Waals surface area contributed by atoms with E-state index in [-0.39, 0.29) is 24.9 Å². The zero-order valence-electron chi connectivity index (χ0n) is 13.7. The summed E-state index contributed by atoms with van der Waals surface area (Å²) in [4.78, 5) is 0. The summed E-state index contributed by atoms with van der Waals surface area (Å²) in [6.45, 7) is 2.17. The Morgan fingerprint density at radius 1 is 1.04 bits per heavy atom. The molecule has 2 aromatic rings. The van der Waals surface area contributed by atoms with E-state index in [1.807, 2.05) is 43.3 Å². The molecule has 1 aliphatic heterocycles. The van der Waals surface area contributed by atoms with Crippen molar-refractivity contribution in [3.05, 3.63) is 54.1 Å². The second-order valence-corrected chi connectivity index (χ2v) is 6.50. The highest BCUT2D eigenvalue weighted by atomic mass is 16.6. The first kappa shape index (κ1) is 16.6. The molecule has 0 saturated heterocycles. The Morgan fingerprint density at radius 3 is 2.12 bits per heavy atom. The van der Waals surface area contributed by atoms with Gasteiger partial charge in [-0.25, -0.2) is 0 Å². The van der Waals surface area contributed by atoms with Gasteiger partial charge in [-0.1, -0.05) is 31.2 Å². The molecule has 0 fully saturated rings. The van der Waals surface area contributed by atoms with Crippen LogP contribution >= 0.6 is 0 Å². The van der Waals surface area contributed by atoms with Gasteiger partial charge in [-0.15, -0.1) is 0 Å². The number of nitrogens with two attached hydrogens (primary N) is 1. The highest BCUT2D eigenvalue weighted by Gasteiger charge is 2.41. The number of phenolic OH excluding ortho intramolecular Hbond substituents is 1. The Balaban J connectivity index is 1.69. The first-order valence-corrected chi connectivity index (χ1v) is 8.08. The average molecular weight is 329 g/mol. The van der Waals surface area contributed by atoms with Gasteiger partial charge in [0.05, 0.1) is 0 Å². The van der Waals surface area contributed by atoms with Gasteiger partial charge in [0.1, 0.15) is 24.6 Å². The van der Waals surface area contributed by atoms with E-state index >= 15 is 0 Å². The van der Waals surface area contributed by atoms with E-state index in [0.717, 1.165) is 5.56 Å². The molecule has 4 N–H and O–H groups in total. The standard InChI is InChI=1S/C19H23NO4/c1-13(10-14-6-8-15(21)9-7-14)18(20)19(22)11-23-16-4-2-3-5-17(16)24-12-19/h2-9,13,18,21-22H,10-12,20H2,1H3/t13?,18-/m1/s1. The van der Waals surface area contributed by atoms with Crippen LogP contribution in [0.4, 0.5) is 0 Å². The molecule has 128 valence electrons. The Hall–Kier alpha value is -2.24. The summed E-state index contributed by atoms with van der Waals surface area (Å²) in [6, 6.07) is 13.9. The number of hydrogen-bond acceptors (Lipinski definition) is 5. The van der Waals surface area contributed by atoms with Gasteiger partial charge >= 0.3 is 0 Å². The summed E-state index contributed by atoms with van der Waals surface area (Å²) < 4.78 is 11.4. The monoisotopic (exact) mass is 329 g/mol. The maximum atomic E-state index is 11.0. The number of fused-ring (bicyclic) bond motifs is 1. The van der Waals surface area contributed by atoms with Crippen LogP contribution < -0.4 is 15.2 Å². The lowest BCUT2D eigenvalue weighted by molar-refractivity contribution is -0.0591.